The van der Waals surface area contributed by atoms with Crippen LogP contribution in [-0.4, -0.2) is 36.0 Å². The van der Waals surface area contributed by atoms with Crippen LogP contribution in [-0.2, 0) is 17.6 Å². The van der Waals surface area contributed by atoms with Crippen LogP contribution < -0.4 is 10.6 Å². The first-order valence-corrected chi connectivity index (χ1v) is 8.16. The average Bonchev–Trinajstić information content (AvgIpc) is 2.59. The Bertz CT molecular complexity index is 701. The first-order valence-electron chi connectivity index (χ1n) is 8.16. The number of carbonyl (C=O) groups is 1. The molecule has 0 aliphatic rings. The van der Waals surface area contributed by atoms with Gasteiger partial charge in [-0.05, 0) is 61.7 Å². The van der Waals surface area contributed by atoms with E-state index < -0.39 is 6.09 Å². The summed E-state index contributed by atoms with van der Waals surface area (Å²) in [4.78, 5) is 11.3. The van der Waals surface area contributed by atoms with E-state index in [-0.39, 0.29) is 17.5 Å². The highest BCUT2D eigenvalue weighted by Gasteiger charge is 2.08. The van der Waals surface area contributed by atoms with E-state index in [0.717, 1.165) is 30.5 Å². The van der Waals surface area contributed by atoms with Gasteiger partial charge >= 0.3 is 6.09 Å². The predicted octanol–water partition coefficient (Wildman–Crippen LogP) is 3.04. The number of phenols is 2. The molecule has 4 N–H and O–H groups in total. The van der Waals surface area contributed by atoms with Crippen molar-refractivity contribution in [1.82, 2.24) is 5.32 Å². The number of carbonyl (C=O) groups excluding carboxylic acids is 1. The molecule has 0 spiro atoms. The molecule has 0 saturated heterocycles. The SMILES string of the molecule is COC(=O)Nc1cc(CCN[C@H](C)Cc2ccc(O)cc2)ccc1O. The molecule has 25 heavy (non-hydrogen) atoms. The number of rotatable bonds is 7. The number of methoxy groups -OCH3 is 1. The lowest BCUT2D eigenvalue weighted by Crippen LogP contribution is -2.30. The van der Waals surface area contributed by atoms with Crippen LogP contribution >= 0.6 is 0 Å². The smallest absolute Gasteiger partial charge is 0.411 e. The molecule has 0 fully saturated rings. The number of benzene rings is 2. The molecule has 6 nitrogen and oxygen atoms in total. The molecule has 134 valence electrons. The minimum absolute atomic E-state index is 0.00260. The molecule has 1 atom stereocenters. The lowest BCUT2D eigenvalue weighted by Gasteiger charge is -2.14. The normalized spacial score (nSPS) is 11.8. The predicted molar refractivity (Wildman–Crippen MR) is 97.1 cm³/mol. The first kappa shape index (κ1) is 18.6. The topological polar surface area (TPSA) is 90.8 Å². The van der Waals surface area contributed by atoms with Gasteiger partial charge in [0.2, 0.25) is 0 Å². The van der Waals surface area contributed by atoms with E-state index in [9.17, 15) is 15.0 Å². The molecule has 2 aromatic rings. The van der Waals surface area contributed by atoms with Crippen molar-refractivity contribution in [3.63, 3.8) is 0 Å². The van der Waals surface area contributed by atoms with Gasteiger partial charge in [0.25, 0.3) is 0 Å². The summed E-state index contributed by atoms with van der Waals surface area (Å²) >= 11 is 0. The molecule has 2 aromatic carbocycles. The van der Waals surface area contributed by atoms with Crippen LogP contribution in [0.2, 0.25) is 0 Å². The molecular weight excluding hydrogens is 320 g/mol. The molecule has 0 unspecified atom stereocenters. The fourth-order valence-corrected chi connectivity index (χ4v) is 2.52. The Hall–Kier alpha value is -2.73. The van der Waals surface area contributed by atoms with E-state index in [1.54, 1.807) is 24.3 Å². The minimum Gasteiger partial charge on any atom is -0.508 e. The van der Waals surface area contributed by atoms with Gasteiger partial charge in [-0.15, -0.1) is 0 Å². The van der Waals surface area contributed by atoms with Gasteiger partial charge in [0.15, 0.2) is 0 Å². The Morgan fingerprint density at radius 3 is 2.48 bits per heavy atom. The molecule has 1 amide bonds. The lowest BCUT2D eigenvalue weighted by atomic mass is 10.1. The van der Waals surface area contributed by atoms with E-state index in [0.29, 0.717) is 5.69 Å². The Kier molecular flexibility index (Phi) is 6.65. The molecule has 0 saturated carbocycles. The molecule has 0 heterocycles. The van der Waals surface area contributed by atoms with Gasteiger partial charge in [-0.25, -0.2) is 4.79 Å². The maximum atomic E-state index is 11.3. The molecule has 0 bridgehead atoms. The summed E-state index contributed by atoms with van der Waals surface area (Å²) in [5.74, 6) is 0.274. The summed E-state index contributed by atoms with van der Waals surface area (Å²) in [6.45, 7) is 2.87. The van der Waals surface area contributed by atoms with Crippen molar-refractivity contribution in [3.05, 3.63) is 53.6 Å². The molecular formula is C19H24N2O4. The molecule has 0 aliphatic carbocycles. The van der Waals surface area contributed by atoms with E-state index in [2.05, 4.69) is 22.3 Å². The first-order chi connectivity index (χ1) is 12.0. The molecule has 0 radical (unpaired) electrons. The highest BCUT2D eigenvalue weighted by atomic mass is 16.5. The number of hydrogen-bond donors (Lipinski definition) is 4. The number of amides is 1. The summed E-state index contributed by atoms with van der Waals surface area (Å²) in [5.41, 5.74) is 2.49. The minimum atomic E-state index is -0.618. The highest BCUT2D eigenvalue weighted by Crippen LogP contribution is 2.24. The van der Waals surface area contributed by atoms with Gasteiger partial charge in [-0.1, -0.05) is 18.2 Å². The Morgan fingerprint density at radius 2 is 1.80 bits per heavy atom. The fraction of sp³-hybridized carbons (Fsp3) is 0.316. The highest BCUT2D eigenvalue weighted by molar-refractivity contribution is 5.86. The largest absolute Gasteiger partial charge is 0.508 e. The standard InChI is InChI=1S/C19H24N2O4/c1-13(11-14-3-6-16(22)7-4-14)20-10-9-15-5-8-18(23)17(12-15)21-19(24)25-2/h3-8,12-13,20,22-23H,9-11H2,1-2H3,(H,21,24)/t13-/m1/s1. The zero-order chi connectivity index (χ0) is 18.2. The third-order valence-corrected chi connectivity index (χ3v) is 3.87. The summed E-state index contributed by atoms with van der Waals surface area (Å²) in [6.07, 6.45) is 1.01. The van der Waals surface area contributed by atoms with Gasteiger partial charge in [-0.3, -0.25) is 5.32 Å². The lowest BCUT2D eigenvalue weighted by molar-refractivity contribution is 0.187. The van der Waals surface area contributed by atoms with Gasteiger partial charge in [0.05, 0.1) is 12.8 Å². The van der Waals surface area contributed by atoms with E-state index in [1.165, 1.54) is 7.11 Å². The zero-order valence-corrected chi connectivity index (χ0v) is 14.5. The fourth-order valence-electron chi connectivity index (χ4n) is 2.52. The van der Waals surface area contributed by atoms with E-state index >= 15 is 0 Å². The number of ether oxygens (including phenoxy) is 1. The molecule has 2 rings (SSSR count). The summed E-state index contributed by atoms with van der Waals surface area (Å²) in [7, 11) is 1.27. The Morgan fingerprint density at radius 1 is 1.12 bits per heavy atom. The van der Waals surface area contributed by atoms with Crippen molar-refractivity contribution in [2.45, 2.75) is 25.8 Å². The maximum Gasteiger partial charge on any atom is 0.411 e. The monoisotopic (exact) mass is 344 g/mol. The van der Waals surface area contributed by atoms with Crippen LogP contribution in [0.4, 0.5) is 10.5 Å². The van der Waals surface area contributed by atoms with Gasteiger partial charge in [0, 0.05) is 6.04 Å². The average molecular weight is 344 g/mol. The Balaban J connectivity index is 1.83. The van der Waals surface area contributed by atoms with Gasteiger partial charge in [0.1, 0.15) is 11.5 Å². The number of phenolic OH excluding ortho intramolecular Hbond substituents is 2. The second-order valence-electron chi connectivity index (χ2n) is 5.94. The second kappa shape index (κ2) is 8.94. The van der Waals surface area contributed by atoms with E-state index in [1.807, 2.05) is 18.2 Å². The Labute approximate surface area is 147 Å². The van der Waals surface area contributed by atoms with E-state index in [4.69, 9.17) is 0 Å². The molecule has 0 aromatic heterocycles. The quantitative estimate of drug-likeness (QED) is 0.580. The van der Waals surface area contributed by atoms with Crippen LogP contribution in [0.1, 0.15) is 18.1 Å². The van der Waals surface area contributed by atoms with Crippen molar-refractivity contribution in [2.75, 3.05) is 19.0 Å². The van der Waals surface area contributed by atoms with Crippen molar-refractivity contribution >= 4 is 11.8 Å². The molecule has 0 aliphatic heterocycles. The van der Waals surface area contributed by atoms with Crippen LogP contribution in [0, 0.1) is 0 Å². The van der Waals surface area contributed by atoms with Crippen molar-refractivity contribution in [1.29, 1.82) is 0 Å². The third-order valence-electron chi connectivity index (χ3n) is 3.87. The van der Waals surface area contributed by atoms with Gasteiger partial charge in [-0.2, -0.15) is 0 Å². The number of nitrogens with one attached hydrogen (secondary N) is 2. The van der Waals surface area contributed by atoms with Crippen molar-refractivity contribution in [3.8, 4) is 11.5 Å². The van der Waals surface area contributed by atoms with Crippen LogP contribution in [0.25, 0.3) is 0 Å². The summed E-state index contributed by atoms with van der Waals surface area (Å²) in [5, 5.41) is 25.0. The van der Waals surface area contributed by atoms with Crippen LogP contribution in [0.3, 0.4) is 0 Å². The molecule has 6 heteroatoms. The number of aromatic hydroxyl groups is 2. The summed E-state index contributed by atoms with van der Waals surface area (Å²) < 4.78 is 4.54. The maximum absolute atomic E-state index is 11.3. The zero-order valence-electron chi connectivity index (χ0n) is 14.5. The number of anilines is 1. The van der Waals surface area contributed by atoms with Crippen molar-refractivity contribution < 1.29 is 19.7 Å². The summed E-state index contributed by atoms with van der Waals surface area (Å²) in [6, 6.07) is 12.6. The number of hydrogen-bond acceptors (Lipinski definition) is 5. The van der Waals surface area contributed by atoms with Gasteiger partial charge < -0.3 is 20.3 Å². The second-order valence-corrected chi connectivity index (χ2v) is 5.94. The van der Waals surface area contributed by atoms with Crippen LogP contribution in [0.5, 0.6) is 11.5 Å². The van der Waals surface area contributed by atoms with Crippen LogP contribution in [0.15, 0.2) is 42.5 Å². The third kappa shape index (κ3) is 6.00. The van der Waals surface area contributed by atoms with Crippen molar-refractivity contribution in [2.24, 2.45) is 0 Å².